The zero-order chi connectivity index (χ0) is 9.47. The molecule has 2 rings (SSSR count). The topological polar surface area (TPSA) is 30.2 Å². The molecule has 2 aromatic heterocycles. The van der Waals surface area contributed by atoms with Gasteiger partial charge in [0.15, 0.2) is 0 Å². The summed E-state index contributed by atoms with van der Waals surface area (Å²) in [7, 11) is 0. The van der Waals surface area contributed by atoms with E-state index >= 15 is 0 Å². The van der Waals surface area contributed by atoms with Crippen LogP contribution in [0.1, 0.15) is 5.69 Å². The molecule has 0 spiro atoms. The van der Waals surface area contributed by atoms with Crippen LogP contribution in [0.15, 0.2) is 18.5 Å². The molecule has 6 heteroatoms. The fourth-order valence-corrected chi connectivity index (χ4v) is 0.910. The van der Waals surface area contributed by atoms with E-state index < -0.39 is 11.9 Å². The van der Waals surface area contributed by atoms with Crippen LogP contribution in [-0.4, -0.2) is 14.4 Å². The van der Waals surface area contributed by atoms with Crippen molar-refractivity contribution < 1.29 is 13.2 Å². The van der Waals surface area contributed by atoms with Crippen molar-refractivity contribution in [2.45, 2.75) is 6.18 Å². The number of hydrogen-bond donors (Lipinski definition) is 0. The number of nitrogens with zero attached hydrogens (tertiary/aromatic N) is 3. The third kappa shape index (κ3) is 1.34. The Morgan fingerprint density at radius 1 is 1.38 bits per heavy atom. The molecule has 2 aromatic rings. The third-order valence-electron chi connectivity index (χ3n) is 1.50. The zero-order valence-corrected chi connectivity index (χ0v) is 6.21. The summed E-state index contributed by atoms with van der Waals surface area (Å²) in [6, 6.07) is 0.891. The van der Waals surface area contributed by atoms with Gasteiger partial charge in [0.1, 0.15) is 11.9 Å². The quantitative estimate of drug-likeness (QED) is 0.624. The van der Waals surface area contributed by atoms with E-state index in [9.17, 15) is 13.2 Å². The normalized spacial score (nSPS) is 12.2. The molecule has 0 atom stereocenters. The van der Waals surface area contributed by atoms with Crippen LogP contribution in [0.2, 0.25) is 0 Å². The molecule has 3 nitrogen and oxygen atoms in total. The van der Waals surface area contributed by atoms with Crippen LogP contribution in [0.25, 0.3) is 5.78 Å². The Morgan fingerprint density at radius 2 is 2.15 bits per heavy atom. The Balaban J connectivity index is 2.61. The van der Waals surface area contributed by atoms with Gasteiger partial charge >= 0.3 is 6.18 Å². The molecule has 0 bridgehead atoms. The zero-order valence-electron chi connectivity index (χ0n) is 6.21. The smallest absolute Gasteiger partial charge is 0.290 e. The average molecular weight is 186 g/mol. The first-order chi connectivity index (χ1) is 6.07. The molecule has 0 aromatic carbocycles. The average Bonchev–Trinajstić information content (AvgIpc) is 2.47. The lowest BCUT2D eigenvalue weighted by Gasteiger charge is -2.04. The standard InChI is InChI=1S/C7H3F3N3/c8-7(9,10)5-1-3-13-4-2-11-6(13)12-5/h1,3-4H. The molecule has 13 heavy (non-hydrogen) atoms. The van der Waals surface area contributed by atoms with E-state index in [0.717, 1.165) is 6.07 Å². The second-order valence-corrected chi connectivity index (χ2v) is 2.39. The highest BCUT2D eigenvalue weighted by atomic mass is 19.4. The number of hydrogen-bond acceptors (Lipinski definition) is 2. The summed E-state index contributed by atoms with van der Waals surface area (Å²) in [6.45, 7) is 0. The summed E-state index contributed by atoms with van der Waals surface area (Å²) < 4.78 is 37.7. The molecule has 0 saturated heterocycles. The minimum Gasteiger partial charge on any atom is -0.290 e. The van der Waals surface area contributed by atoms with E-state index in [2.05, 4.69) is 16.2 Å². The Kier molecular flexibility index (Phi) is 1.51. The van der Waals surface area contributed by atoms with Crippen molar-refractivity contribution in [3.8, 4) is 0 Å². The van der Waals surface area contributed by atoms with Crippen molar-refractivity contribution in [3.63, 3.8) is 0 Å². The maximum absolute atomic E-state index is 12.1. The van der Waals surface area contributed by atoms with Gasteiger partial charge in [-0.05, 0) is 6.07 Å². The fraction of sp³-hybridized carbons (Fsp3) is 0.143. The molecule has 0 fully saturated rings. The molecule has 0 saturated carbocycles. The number of aromatic nitrogens is 3. The first-order valence-corrected chi connectivity index (χ1v) is 3.36. The summed E-state index contributed by atoms with van der Waals surface area (Å²) in [5.41, 5.74) is -0.945. The lowest BCUT2D eigenvalue weighted by Crippen LogP contribution is -2.08. The van der Waals surface area contributed by atoms with Crippen molar-refractivity contribution in [1.29, 1.82) is 0 Å². The first-order valence-electron chi connectivity index (χ1n) is 3.36. The van der Waals surface area contributed by atoms with E-state index in [4.69, 9.17) is 0 Å². The van der Waals surface area contributed by atoms with Crippen LogP contribution in [0.3, 0.4) is 0 Å². The summed E-state index contributed by atoms with van der Waals surface area (Å²) in [5, 5.41) is 0. The molecule has 67 valence electrons. The highest BCUT2D eigenvalue weighted by Crippen LogP contribution is 2.27. The van der Waals surface area contributed by atoms with Crippen LogP contribution in [0.5, 0.6) is 0 Å². The van der Waals surface area contributed by atoms with Gasteiger partial charge in [0.25, 0.3) is 0 Å². The van der Waals surface area contributed by atoms with Gasteiger partial charge in [0.2, 0.25) is 5.78 Å². The first kappa shape index (κ1) is 8.03. The molecule has 1 radical (unpaired) electrons. The number of rotatable bonds is 0. The lowest BCUT2D eigenvalue weighted by atomic mass is 10.4. The van der Waals surface area contributed by atoms with E-state index in [1.165, 1.54) is 16.8 Å². The molecule has 0 aliphatic heterocycles. The Bertz CT molecular complexity index is 432. The predicted molar refractivity (Wildman–Crippen MR) is 36.8 cm³/mol. The van der Waals surface area contributed by atoms with Crippen molar-refractivity contribution in [2.24, 2.45) is 0 Å². The number of imidazole rings is 1. The Morgan fingerprint density at radius 3 is 2.85 bits per heavy atom. The van der Waals surface area contributed by atoms with Gasteiger partial charge in [-0.3, -0.25) is 4.40 Å². The summed E-state index contributed by atoms with van der Waals surface area (Å²) >= 11 is 0. The minimum absolute atomic E-state index is 0.00479. The van der Waals surface area contributed by atoms with E-state index in [1.807, 2.05) is 0 Å². The van der Waals surface area contributed by atoms with Gasteiger partial charge in [-0.15, -0.1) is 0 Å². The van der Waals surface area contributed by atoms with Crippen LogP contribution in [0.4, 0.5) is 13.2 Å². The van der Waals surface area contributed by atoms with Gasteiger partial charge < -0.3 is 0 Å². The second-order valence-electron chi connectivity index (χ2n) is 2.39. The van der Waals surface area contributed by atoms with Gasteiger partial charge in [0.05, 0.1) is 0 Å². The van der Waals surface area contributed by atoms with E-state index in [0.29, 0.717) is 0 Å². The third-order valence-corrected chi connectivity index (χ3v) is 1.50. The fourth-order valence-electron chi connectivity index (χ4n) is 0.910. The predicted octanol–water partition coefficient (Wildman–Crippen LogP) is 1.55. The monoisotopic (exact) mass is 186 g/mol. The Hall–Kier alpha value is -1.59. The molecule has 0 aliphatic rings. The van der Waals surface area contributed by atoms with Gasteiger partial charge in [-0.1, -0.05) is 0 Å². The van der Waals surface area contributed by atoms with Gasteiger partial charge in [-0.25, -0.2) is 9.97 Å². The molecule has 0 unspecified atom stereocenters. The van der Waals surface area contributed by atoms with Crippen molar-refractivity contribution in [1.82, 2.24) is 14.4 Å². The van der Waals surface area contributed by atoms with Crippen LogP contribution < -0.4 is 0 Å². The van der Waals surface area contributed by atoms with E-state index in [1.54, 1.807) is 0 Å². The second kappa shape index (κ2) is 2.45. The summed E-state index contributed by atoms with van der Waals surface area (Å²) in [4.78, 5) is 6.82. The highest BCUT2D eigenvalue weighted by Gasteiger charge is 2.32. The van der Waals surface area contributed by atoms with Crippen molar-refractivity contribution in [2.75, 3.05) is 0 Å². The van der Waals surface area contributed by atoms with E-state index in [-0.39, 0.29) is 5.78 Å². The number of halogens is 3. The molecule has 0 amide bonds. The lowest BCUT2D eigenvalue weighted by molar-refractivity contribution is -0.141. The van der Waals surface area contributed by atoms with Crippen LogP contribution >= 0.6 is 0 Å². The largest absolute Gasteiger partial charge is 0.433 e. The number of fused-ring (bicyclic) bond motifs is 1. The summed E-state index contributed by atoms with van der Waals surface area (Å²) in [5.74, 6) is -0.00479. The Labute approximate surface area is 70.9 Å². The summed E-state index contributed by atoms with van der Waals surface area (Å²) in [6.07, 6.45) is 0.626. The van der Waals surface area contributed by atoms with Crippen LogP contribution in [0, 0.1) is 6.20 Å². The van der Waals surface area contributed by atoms with Gasteiger partial charge in [-0.2, -0.15) is 13.2 Å². The molecule has 0 N–H and O–H groups in total. The maximum atomic E-state index is 12.1. The highest BCUT2D eigenvalue weighted by molar-refractivity contribution is 5.29. The van der Waals surface area contributed by atoms with Gasteiger partial charge in [0, 0.05) is 12.4 Å². The van der Waals surface area contributed by atoms with Crippen molar-refractivity contribution in [3.05, 3.63) is 30.4 Å². The maximum Gasteiger partial charge on any atom is 0.433 e. The van der Waals surface area contributed by atoms with Crippen LogP contribution in [-0.2, 0) is 6.18 Å². The molecular weight excluding hydrogens is 183 g/mol. The number of alkyl halides is 3. The molecule has 2 heterocycles. The SMILES string of the molecule is FC(F)(F)c1ccn2c[c]nc2n1. The minimum atomic E-state index is -4.42. The van der Waals surface area contributed by atoms with Crippen molar-refractivity contribution >= 4 is 5.78 Å². The molecular formula is C7H3F3N3. The molecule has 0 aliphatic carbocycles.